The van der Waals surface area contributed by atoms with Crippen molar-refractivity contribution in [2.75, 3.05) is 19.1 Å². The van der Waals surface area contributed by atoms with Crippen molar-refractivity contribution in [3.8, 4) is 11.5 Å². The van der Waals surface area contributed by atoms with Crippen molar-refractivity contribution in [2.24, 2.45) is 11.3 Å². The number of amides is 1. The smallest absolute Gasteiger partial charge is 0.318 e. The highest BCUT2D eigenvalue weighted by molar-refractivity contribution is 6.09. The molecule has 0 radical (unpaired) electrons. The zero-order valence-corrected chi connectivity index (χ0v) is 19.2. The van der Waals surface area contributed by atoms with Gasteiger partial charge in [0.15, 0.2) is 0 Å². The van der Waals surface area contributed by atoms with Crippen LogP contribution in [0.5, 0.6) is 11.5 Å². The minimum Gasteiger partial charge on any atom is -0.496 e. The van der Waals surface area contributed by atoms with E-state index in [1.807, 2.05) is 56.3 Å². The van der Waals surface area contributed by atoms with Crippen LogP contribution in [0.3, 0.4) is 0 Å². The van der Waals surface area contributed by atoms with Crippen LogP contribution < -0.4 is 14.4 Å². The Morgan fingerprint density at radius 3 is 2.65 bits per heavy atom. The van der Waals surface area contributed by atoms with E-state index in [1.54, 1.807) is 31.4 Å². The number of fused-ring (bicyclic) bond motifs is 5. The number of rotatable bonds is 1. The van der Waals surface area contributed by atoms with E-state index in [0.29, 0.717) is 22.6 Å². The SMILES string of the molecule is COc1c2c(cc3occc13)OC(=O)C1C2C23C=CC(C)(C)OC12c1ccccc1N(C)C3=O. The molecule has 3 aromatic rings. The summed E-state index contributed by atoms with van der Waals surface area (Å²) in [5.41, 5.74) is -0.194. The molecule has 3 aliphatic heterocycles. The highest BCUT2D eigenvalue weighted by Crippen LogP contribution is 2.78. The average molecular weight is 457 g/mol. The molecule has 7 rings (SSSR count). The van der Waals surface area contributed by atoms with Crippen molar-refractivity contribution >= 4 is 28.5 Å². The molecule has 1 amide bonds. The van der Waals surface area contributed by atoms with Crippen molar-refractivity contribution in [1.82, 2.24) is 0 Å². The van der Waals surface area contributed by atoms with Crippen LogP contribution in [0.2, 0.25) is 0 Å². The van der Waals surface area contributed by atoms with E-state index in [4.69, 9.17) is 18.6 Å². The summed E-state index contributed by atoms with van der Waals surface area (Å²) in [5, 5.41) is 0.768. The fourth-order valence-electron chi connectivity index (χ4n) is 6.86. The second-order valence-corrected chi connectivity index (χ2v) is 10.1. The first kappa shape index (κ1) is 19.9. The topological polar surface area (TPSA) is 78.2 Å². The van der Waals surface area contributed by atoms with Gasteiger partial charge in [-0.25, -0.2) is 0 Å². The third-order valence-electron chi connectivity index (χ3n) is 8.06. The van der Waals surface area contributed by atoms with Gasteiger partial charge in [-0.15, -0.1) is 0 Å². The van der Waals surface area contributed by atoms with Gasteiger partial charge in [0, 0.05) is 35.8 Å². The predicted molar refractivity (Wildman–Crippen MR) is 123 cm³/mol. The lowest BCUT2D eigenvalue weighted by molar-refractivity contribution is -0.286. The van der Waals surface area contributed by atoms with Crippen LogP contribution in [-0.4, -0.2) is 31.6 Å². The molecule has 34 heavy (non-hydrogen) atoms. The Bertz CT molecular complexity index is 1470. The Kier molecular flexibility index (Phi) is 3.45. The number of carbonyl (C=O) groups excluding carboxylic acids is 2. The zero-order chi connectivity index (χ0) is 23.6. The summed E-state index contributed by atoms with van der Waals surface area (Å²) < 4.78 is 24.2. The number of para-hydroxylation sites is 1. The molecule has 1 aliphatic carbocycles. The Hall–Kier alpha value is -3.58. The Labute approximate surface area is 195 Å². The van der Waals surface area contributed by atoms with Crippen LogP contribution >= 0.6 is 0 Å². The van der Waals surface area contributed by atoms with Crippen molar-refractivity contribution in [2.45, 2.75) is 31.0 Å². The van der Waals surface area contributed by atoms with Gasteiger partial charge in [-0.05, 0) is 26.0 Å². The summed E-state index contributed by atoms with van der Waals surface area (Å²) >= 11 is 0. The van der Waals surface area contributed by atoms with Crippen molar-refractivity contribution < 1.29 is 28.2 Å². The molecular formula is C27H23NO6. The molecule has 1 aromatic heterocycles. The fraction of sp³-hybridized carbons (Fsp3) is 0.333. The zero-order valence-electron chi connectivity index (χ0n) is 19.2. The van der Waals surface area contributed by atoms with E-state index in [9.17, 15) is 9.59 Å². The fourth-order valence-corrected chi connectivity index (χ4v) is 6.86. The molecule has 4 atom stereocenters. The third-order valence-corrected chi connectivity index (χ3v) is 8.06. The first-order valence-corrected chi connectivity index (χ1v) is 11.3. The third kappa shape index (κ3) is 1.92. The van der Waals surface area contributed by atoms with Crippen LogP contribution in [-0.2, 0) is 19.9 Å². The molecule has 2 aromatic carbocycles. The van der Waals surface area contributed by atoms with Gasteiger partial charge < -0.3 is 23.5 Å². The molecule has 7 heteroatoms. The van der Waals surface area contributed by atoms with Crippen LogP contribution in [0.15, 0.2) is 59.2 Å². The standard InChI is InChI=1S/C27H23NO6/c1-25(2)10-11-26-20-19-18(13-17-14(9-12-32-17)22(19)31-4)33-23(29)21(20)27(26,34-25)15-7-5-6-8-16(15)28(3)24(26)30/h5-13,20-21H,1-4H3. The van der Waals surface area contributed by atoms with Gasteiger partial charge in [-0.3, -0.25) is 9.59 Å². The number of methoxy groups -OCH3 is 1. The van der Waals surface area contributed by atoms with Gasteiger partial charge in [0.2, 0.25) is 5.91 Å². The molecule has 0 bridgehead atoms. The van der Waals surface area contributed by atoms with E-state index in [1.165, 1.54) is 0 Å². The van der Waals surface area contributed by atoms with Crippen LogP contribution in [0.4, 0.5) is 5.69 Å². The first-order valence-electron chi connectivity index (χ1n) is 11.3. The summed E-state index contributed by atoms with van der Waals surface area (Å²) in [5.74, 6) is -0.858. The van der Waals surface area contributed by atoms with Gasteiger partial charge >= 0.3 is 5.97 Å². The average Bonchev–Trinajstić information content (AvgIpc) is 3.27. The molecule has 0 saturated heterocycles. The number of carbonyl (C=O) groups is 2. The maximum Gasteiger partial charge on any atom is 0.318 e. The maximum absolute atomic E-state index is 14.3. The number of ether oxygens (including phenoxy) is 3. The van der Waals surface area contributed by atoms with E-state index in [-0.39, 0.29) is 5.91 Å². The van der Waals surface area contributed by atoms with Gasteiger partial charge in [0.1, 0.15) is 34.0 Å². The molecule has 4 aliphatic rings. The van der Waals surface area contributed by atoms with E-state index < -0.39 is 34.4 Å². The summed E-state index contributed by atoms with van der Waals surface area (Å²) in [6.45, 7) is 3.89. The van der Waals surface area contributed by atoms with Crippen molar-refractivity contribution in [3.05, 3.63) is 65.9 Å². The Morgan fingerprint density at radius 2 is 1.85 bits per heavy atom. The van der Waals surface area contributed by atoms with Crippen LogP contribution in [0, 0.1) is 11.3 Å². The highest BCUT2D eigenvalue weighted by atomic mass is 16.6. The van der Waals surface area contributed by atoms with E-state index in [0.717, 1.165) is 16.6 Å². The van der Waals surface area contributed by atoms with Crippen LogP contribution in [0.25, 0.3) is 11.0 Å². The minimum atomic E-state index is -1.19. The summed E-state index contributed by atoms with van der Waals surface area (Å²) in [6, 6.07) is 11.2. The van der Waals surface area contributed by atoms with E-state index >= 15 is 0 Å². The molecule has 1 fully saturated rings. The van der Waals surface area contributed by atoms with Gasteiger partial charge in [-0.1, -0.05) is 30.4 Å². The molecular weight excluding hydrogens is 434 g/mol. The number of hydrogen-bond acceptors (Lipinski definition) is 6. The maximum atomic E-state index is 14.3. The number of furan rings is 1. The van der Waals surface area contributed by atoms with Crippen molar-refractivity contribution in [1.29, 1.82) is 0 Å². The number of nitrogens with zero attached hydrogens (tertiary/aromatic N) is 1. The van der Waals surface area contributed by atoms with Gasteiger partial charge in [0.25, 0.3) is 0 Å². The van der Waals surface area contributed by atoms with Crippen molar-refractivity contribution in [3.63, 3.8) is 0 Å². The molecule has 0 spiro atoms. The number of hydrogen-bond donors (Lipinski definition) is 0. The number of esters is 1. The first-order chi connectivity index (χ1) is 16.3. The molecule has 4 unspecified atom stereocenters. The second kappa shape index (κ2) is 5.91. The lowest BCUT2D eigenvalue weighted by Gasteiger charge is -2.71. The predicted octanol–water partition coefficient (Wildman–Crippen LogP) is 4.30. The minimum absolute atomic E-state index is 0.116. The number of anilines is 1. The van der Waals surface area contributed by atoms with Gasteiger partial charge in [0.05, 0.1) is 24.4 Å². The summed E-state index contributed by atoms with van der Waals surface area (Å²) in [4.78, 5) is 29.6. The summed E-state index contributed by atoms with van der Waals surface area (Å²) in [6.07, 6.45) is 5.47. The quantitative estimate of drug-likeness (QED) is 0.308. The van der Waals surface area contributed by atoms with Crippen LogP contribution in [0.1, 0.15) is 30.9 Å². The normalized spacial score (nSPS) is 32.1. The van der Waals surface area contributed by atoms with E-state index in [2.05, 4.69) is 0 Å². The monoisotopic (exact) mass is 457 g/mol. The van der Waals surface area contributed by atoms with Gasteiger partial charge in [-0.2, -0.15) is 0 Å². The largest absolute Gasteiger partial charge is 0.496 e. The summed E-state index contributed by atoms with van der Waals surface area (Å²) in [7, 11) is 3.36. The molecule has 172 valence electrons. The molecule has 0 N–H and O–H groups in total. The highest BCUT2D eigenvalue weighted by Gasteiger charge is 2.84. The lowest BCUT2D eigenvalue weighted by atomic mass is 9.37. The molecule has 4 heterocycles. The second-order valence-electron chi connectivity index (χ2n) is 10.1. The molecule has 1 saturated carbocycles. The number of benzene rings is 2. The Balaban J connectivity index is 1.61. The lowest BCUT2D eigenvalue weighted by Crippen LogP contribution is -2.79. The molecule has 7 nitrogen and oxygen atoms in total. The Morgan fingerprint density at radius 1 is 1.06 bits per heavy atom.